The molecule has 0 saturated carbocycles. The normalized spacial score (nSPS) is 12.4. The average Bonchev–Trinajstić information content (AvgIpc) is 2.42. The minimum Gasteiger partial charge on any atom is -0.508 e. The predicted molar refractivity (Wildman–Crippen MR) is 79.8 cm³/mol. The Bertz CT molecular complexity index is 602. The standard InChI is InChI=1S/C15H14Cl2FNO/c1-9(12-6-15(18)14(17)7-13(12)16)19-8-10-2-4-11(20)5-3-10/h2-7,9,19-20H,8H2,1H3. The third kappa shape index (κ3) is 3.63. The Morgan fingerprint density at radius 2 is 1.80 bits per heavy atom. The Labute approximate surface area is 127 Å². The first-order valence-electron chi connectivity index (χ1n) is 6.13. The van der Waals surface area contributed by atoms with E-state index in [1.54, 1.807) is 12.1 Å². The molecule has 1 unspecified atom stereocenters. The molecule has 0 aliphatic heterocycles. The summed E-state index contributed by atoms with van der Waals surface area (Å²) in [4.78, 5) is 0. The first kappa shape index (κ1) is 15.1. The highest BCUT2D eigenvalue weighted by Gasteiger charge is 2.13. The fourth-order valence-corrected chi connectivity index (χ4v) is 2.41. The van der Waals surface area contributed by atoms with Gasteiger partial charge in [-0.2, -0.15) is 0 Å². The highest BCUT2D eigenvalue weighted by atomic mass is 35.5. The summed E-state index contributed by atoms with van der Waals surface area (Å²) in [5, 5.41) is 12.9. The summed E-state index contributed by atoms with van der Waals surface area (Å²) in [5.74, 6) is -0.256. The van der Waals surface area contributed by atoms with E-state index in [0.717, 1.165) is 5.56 Å². The molecule has 20 heavy (non-hydrogen) atoms. The monoisotopic (exact) mass is 313 g/mol. The SMILES string of the molecule is CC(NCc1ccc(O)cc1)c1cc(F)c(Cl)cc1Cl. The minimum absolute atomic E-state index is 0.0180. The van der Waals surface area contributed by atoms with Crippen LogP contribution in [0.4, 0.5) is 4.39 Å². The van der Waals surface area contributed by atoms with Crippen LogP contribution < -0.4 is 5.32 Å². The molecule has 0 aliphatic carbocycles. The zero-order valence-electron chi connectivity index (χ0n) is 10.8. The number of rotatable bonds is 4. The van der Waals surface area contributed by atoms with E-state index in [-0.39, 0.29) is 16.8 Å². The maximum atomic E-state index is 13.5. The van der Waals surface area contributed by atoms with Crippen LogP contribution in [0.2, 0.25) is 10.0 Å². The summed E-state index contributed by atoms with van der Waals surface area (Å²) in [6, 6.07) is 9.51. The summed E-state index contributed by atoms with van der Waals surface area (Å²) in [7, 11) is 0. The average molecular weight is 314 g/mol. The first-order valence-corrected chi connectivity index (χ1v) is 6.88. The lowest BCUT2D eigenvalue weighted by Gasteiger charge is -2.16. The van der Waals surface area contributed by atoms with Crippen molar-refractivity contribution in [2.24, 2.45) is 0 Å². The molecule has 2 aromatic rings. The van der Waals surface area contributed by atoms with Crippen molar-refractivity contribution >= 4 is 23.2 Å². The molecule has 0 bridgehead atoms. The lowest BCUT2D eigenvalue weighted by molar-refractivity contribution is 0.474. The molecule has 1 atom stereocenters. The van der Waals surface area contributed by atoms with Gasteiger partial charge < -0.3 is 10.4 Å². The Morgan fingerprint density at radius 3 is 2.45 bits per heavy atom. The highest BCUT2D eigenvalue weighted by Crippen LogP contribution is 2.28. The minimum atomic E-state index is -0.482. The van der Waals surface area contributed by atoms with Crippen molar-refractivity contribution in [1.82, 2.24) is 5.32 Å². The van der Waals surface area contributed by atoms with Crippen molar-refractivity contribution in [3.8, 4) is 5.75 Å². The molecule has 5 heteroatoms. The molecule has 0 amide bonds. The summed E-state index contributed by atoms with van der Waals surface area (Å²) < 4.78 is 13.5. The number of phenols is 1. The second kappa shape index (κ2) is 6.44. The molecule has 2 rings (SSSR count). The summed E-state index contributed by atoms with van der Waals surface area (Å²) in [6.45, 7) is 2.48. The van der Waals surface area contributed by atoms with Crippen LogP contribution in [0.5, 0.6) is 5.75 Å². The van der Waals surface area contributed by atoms with Gasteiger partial charge in [0.15, 0.2) is 0 Å². The smallest absolute Gasteiger partial charge is 0.142 e. The Morgan fingerprint density at radius 1 is 1.15 bits per heavy atom. The van der Waals surface area contributed by atoms with Gasteiger partial charge in [-0.3, -0.25) is 0 Å². The summed E-state index contributed by atoms with van der Waals surface area (Å²) in [5.41, 5.74) is 1.67. The zero-order chi connectivity index (χ0) is 14.7. The van der Waals surface area contributed by atoms with E-state index >= 15 is 0 Å². The molecule has 0 radical (unpaired) electrons. The zero-order valence-corrected chi connectivity index (χ0v) is 12.3. The van der Waals surface area contributed by atoms with Crippen LogP contribution in [0.3, 0.4) is 0 Å². The second-order valence-electron chi connectivity index (χ2n) is 4.56. The molecule has 2 nitrogen and oxygen atoms in total. The third-order valence-electron chi connectivity index (χ3n) is 3.05. The van der Waals surface area contributed by atoms with E-state index in [1.807, 2.05) is 19.1 Å². The summed E-state index contributed by atoms with van der Waals surface area (Å²) in [6.07, 6.45) is 0. The molecule has 2 aromatic carbocycles. The Kier molecular flexibility index (Phi) is 4.86. The molecule has 0 spiro atoms. The van der Waals surface area contributed by atoms with Crippen LogP contribution >= 0.6 is 23.2 Å². The van der Waals surface area contributed by atoms with Gasteiger partial charge in [0, 0.05) is 17.6 Å². The van der Waals surface area contributed by atoms with Gasteiger partial charge >= 0.3 is 0 Å². The fraction of sp³-hybridized carbons (Fsp3) is 0.200. The van der Waals surface area contributed by atoms with Crippen LogP contribution in [0.1, 0.15) is 24.1 Å². The molecule has 0 aromatic heterocycles. The van der Waals surface area contributed by atoms with Gasteiger partial charge in [-0.15, -0.1) is 0 Å². The second-order valence-corrected chi connectivity index (χ2v) is 5.37. The lowest BCUT2D eigenvalue weighted by atomic mass is 10.1. The van der Waals surface area contributed by atoms with Crippen molar-refractivity contribution in [2.45, 2.75) is 19.5 Å². The van der Waals surface area contributed by atoms with Crippen LogP contribution in [0.15, 0.2) is 36.4 Å². The molecular formula is C15H14Cl2FNO. The van der Waals surface area contributed by atoms with Crippen LogP contribution in [0, 0.1) is 5.82 Å². The van der Waals surface area contributed by atoms with Gasteiger partial charge in [-0.25, -0.2) is 4.39 Å². The van der Waals surface area contributed by atoms with E-state index in [1.165, 1.54) is 12.1 Å². The van der Waals surface area contributed by atoms with Crippen molar-refractivity contribution in [1.29, 1.82) is 0 Å². The number of phenolic OH excluding ortho intramolecular Hbond substituents is 1. The largest absolute Gasteiger partial charge is 0.508 e. The maximum Gasteiger partial charge on any atom is 0.142 e. The quantitative estimate of drug-likeness (QED) is 0.803. The van der Waals surface area contributed by atoms with Crippen molar-refractivity contribution in [3.63, 3.8) is 0 Å². The number of hydrogen-bond donors (Lipinski definition) is 2. The molecule has 0 fully saturated rings. The molecule has 0 heterocycles. The van der Waals surface area contributed by atoms with E-state index < -0.39 is 5.82 Å². The number of halogens is 3. The van der Waals surface area contributed by atoms with E-state index in [0.29, 0.717) is 17.1 Å². The van der Waals surface area contributed by atoms with Crippen LogP contribution in [0.25, 0.3) is 0 Å². The number of aromatic hydroxyl groups is 1. The van der Waals surface area contributed by atoms with E-state index in [9.17, 15) is 9.50 Å². The van der Waals surface area contributed by atoms with Gasteiger partial charge in [-0.1, -0.05) is 35.3 Å². The third-order valence-corrected chi connectivity index (χ3v) is 3.67. The number of benzene rings is 2. The van der Waals surface area contributed by atoms with Crippen molar-refractivity contribution in [2.75, 3.05) is 0 Å². The topological polar surface area (TPSA) is 32.3 Å². The predicted octanol–water partition coefficient (Wildman–Crippen LogP) is 4.69. The Balaban J connectivity index is 2.06. The molecule has 2 N–H and O–H groups in total. The van der Waals surface area contributed by atoms with Crippen LogP contribution in [-0.4, -0.2) is 5.11 Å². The van der Waals surface area contributed by atoms with E-state index in [2.05, 4.69) is 5.32 Å². The van der Waals surface area contributed by atoms with Crippen molar-refractivity contribution < 1.29 is 9.50 Å². The molecule has 106 valence electrons. The van der Waals surface area contributed by atoms with Gasteiger partial charge in [0.1, 0.15) is 11.6 Å². The molecule has 0 aliphatic rings. The Hall–Kier alpha value is -1.29. The molecular weight excluding hydrogens is 300 g/mol. The number of nitrogens with one attached hydrogen (secondary N) is 1. The lowest BCUT2D eigenvalue weighted by Crippen LogP contribution is -2.18. The number of hydrogen-bond acceptors (Lipinski definition) is 2. The molecule has 0 saturated heterocycles. The maximum absolute atomic E-state index is 13.5. The van der Waals surface area contributed by atoms with Gasteiger partial charge in [0.25, 0.3) is 0 Å². The van der Waals surface area contributed by atoms with Gasteiger partial charge in [0.05, 0.1) is 5.02 Å². The van der Waals surface area contributed by atoms with Crippen molar-refractivity contribution in [3.05, 3.63) is 63.4 Å². The van der Waals surface area contributed by atoms with E-state index in [4.69, 9.17) is 23.2 Å². The first-order chi connectivity index (χ1) is 9.47. The van der Waals surface area contributed by atoms with Gasteiger partial charge in [-0.05, 0) is 42.3 Å². The fourth-order valence-electron chi connectivity index (χ4n) is 1.86. The van der Waals surface area contributed by atoms with Crippen LogP contribution in [-0.2, 0) is 6.54 Å². The van der Waals surface area contributed by atoms with Gasteiger partial charge in [0.2, 0.25) is 0 Å². The summed E-state index contributed by atoms with van der Waals surface area (Å²) >= 11 is 11.7. The highest BCUT2D eigenvalue weighted by molar-refractivity contribution is 6.35.